The molecule has 1 amide bonds. The zero-order valence-electron chi connectivity index (χ0n) is 14.1. The van der Waals surface area contributed by atoms with Crippen molar-refractivity contribution in [2.45, 2.75) is 56.1 Å². The van der Waals surface area contributed by atoms with E-state index in [1.54, 1.807) is 5.38 Å². The first-order chi connectivity index (χ1) is 11.9. The maximum atomic E-state index is 12.8. The molecule has 1 N–H and O–H groups in total. The Bertz CT molecular complexity index is 748. The van der Waals surface area contributed by atoms with Crippen LogP contribution in [0.3, 0.4) is 0 Å². The predicted octanol–water partition coefficient (Wildman–Crippen LogP) is 1.75. The monoisotopic (exact) mass is 386 g/mol. The van der Waals surface area contributed by atoms with Crippen LogP contribution in [0.2, 0.25) is 0 Å². The molecule has 1 aromatic heterocycles. The second kappa shape index (κ2) is 7.43. The molecule has 0 unspecified atom stereocenters. The van der Waals surface area contributed by atoms with Crippen LogP contribution in [-0.4, -0.2) is 49.8 Å². The standard InChI is InChI=1S/C16H22N2O5S2/c1-11(15(19)17-12-5-6-12)23-16(20)14-13(7-10-24-14)25(21,22)18-8-3-2-4-9-18/h7,10-12H,2-6,8-9H2,1H3,(H,17,19)/t11-/m0/s1. The van der Waals surface area contributed by atoms with Crippen LogP contribution < -0.4 is 5.32 Å². The van der Waals surface area contributed by atoms with Gasteiger partial charge in [-0.3, -0.25) is 4.79 Å². The Morgan fingerprint density at radius 1 is 1.28 bits per heavy atom. The van der Waals surface area contributed by atoms with Crippen molar-refractivity contribution < 1.29 is 22.7 Å². The molecule has 9 heteroatoms. The summed E-state index contributed by atoms with van der Waals surface area (Å²) < 4.78 is 32.2. The first-order valence-electron chi connectivity index (χ1n) is 8.48. The number of thiophene rings is 1. The molecule has 0 bridgehead atoms. The lowest BCUT2D eigenvalue weighted by molar-refractivity contribution is -0.129. The fourth-order valence-corrected chi connectivity index (χ4v) is 5.50. The van der Waals surface area contributed by atoms with Gasteiger partial charge in [-0.15, -0.1) is 11.3 Å². The van der Waals surface area contributed by atoms with Gasteiger partial charge in [0.2, 0.25) is 10.0 Å². The molecule has 0 radical (unpaired) electrons. The van der Waals surface area contributed by atoms with Gasteiger partial charge in [-0.2, -0.15) is 4.31 Å². The highest BCUT2D eigenvalue weighted by Gasteiger charge is 2.33. The summed E-state index contributed by atoms with van der Waals surface area (Å²) in [7, 11) is -3.72. The number of hydrogen-bond acceptors (Lipinski definition) is 6. The molecule has 7 nitrogen and oxygen atoms in total. The first kappa shape index (κ1) is 18.3. The Morgan fingerprint density at radius 3 is 2.60 bits per heavy atom. The molecule has 3 rings (SSSR count). The second-order valence-electron chi connectivity index (χ2n) is 6.41. The maximum Gasteiger partial charge on any atom is 0.350 e. The third kappa shape index (κ3) is 4.21. The zero-order valence-corrected chi connectivity index (χ0v) is 15.7. The maximum absolute atomic E-state index is 12.8. The third-order valence-corrected chi connectivity index (χ3v) is 7.29. The molecule has 2 heterocycles. The van der Waals surface area contributed by atoms with Crippen LogP contribution in [0, 0.1) is 0 Å². The normalized spacial score (nSPS) is 20.0. The van der Waals surface area contributed by atoms with Crippen LogP contribution in [0.15, 0.2) is 16.3 Å². The topological polar surface area (TPSA) is 92.8 Å². The van der Waals surface area contributed by atoms with E-state index in [4.69, 9.17) is 4.74 Å². The lowest BCUT2D eigenvalue weighted by Gasteiger charge is -2.25. The van der Waals surface area contributed by atoms with E-state index in [-0.39, 0.29) is 21.7 Å². The molecule has 1 saturated carbocycles. The minimum Gasteiger partial charge on any atom is -0.448 e. The molecule has 1 saturated heterocycles. The van der Waals surface area contributed by atoms with Gasteiger partial charge in [0.25, 0.3) is 5.91 Å². The van der Waals surface area contributed by atoms with Gasteiger partial charge in [0.15, 0.2) is 6.10 Å². The summed E-state index contributed by atoms with van der Waals surface area (Å²) >= 11 is 1.02. The van der Waals surface area contributed by atoms with E-state index >= 15 is 0 Å². The summed E-state index contributed by atoms with van der Waals surface area (Å²) in [5.74, 6) is -1.13. The molecule has 2 aliphatic rings. The number of nitrogens with zero attached hydrogens (tertiary/aromatic N) is 1. The Hall–Kier alpha value is -1.45. The molecule has 1 aliphatic heterocycles. The van der Waals surface area contributed by atoms with E-state index in [2.05, 4.69) is 5.32 Å². The van der Waals surface area contributed by atoms with E-state index in [1.807, 2.05) is 0 Å². The molecule has 138 valence electrons. The predicted molar refractivity (Wildman–Crippen MR) is 93.0 cm³/mol. The minimum absolute atomic E-state index is 0.0247. The summed E-state index contributed by atoms with van der Waals surface area (Å²) in [6.45, 7) is 2.42. The number of carbonyl (C=O) groups is 2. The van der Waals surface area contributed by atoms with Crippen LogP contribution in [0.25, 0.3) is 0 Å². The van der Waals surface area contributed by atoms with Gasteiger partial charge in [-0.25, -0.2) is 13.2 Å². The van der Waals surface area contributed by atoms with Crippen molar-refractivity contribution in [2.75, 3.05) is 13.1 Å². The van der Waals surface area contributed by atoms with Gasteiger partial charge in [-0.05, 0) is 44.1 Å². The van der Waals surface area contributed by atoms with Crippen molar-refractivity contribution in [2.24, 2.45) is 0 Å². The lowest BCUT2D eigenvalue weighted by Crippen LogP contribution is -2.38. The number of hydrogen-bond donors (Lipinski definition) is 1. The summed E-state index contributed by atoms with van der Waals surface area (Å²) in [6, 6.07) is 1.60. The van der Waals surface area contributed by atoms with E-state index in [0.717, 1.165) is 43.4 Å². The van der Waals surface area contributed by atoms with Crippen LogP contribution in [0.5, 0.6) is 0 Å². The second-order valence-corrected chi connectivity index (χ2v) is 9.23. The average molecular weight is 386 g/mol. The van der Waals surface area contributed by atoms with Gasteiger partial charge < -0.3 is 10.1 Å². The highest BCUT2D eigenvalue weighted by molar-refractivity contribution is 7.89. The molecule has 0 spiro atoms. The number of piperidine rings is 1. The fourth-order valence-electron chi connectivity index (χ4n) is 2.71. The number of rotatable bonds is 6. The number of carbonyl (C=O) groups excluding carboxylic acids is 2. The van der Waals surface area contributed by atoms with E-state index in [1.165, 1.54) is 17.3 Å². The summed E-state index contributed by atoms with van der Waals surface area (Å²) in [5, 5.41) is 4.32. The van der Waals surface area contributed by atoms with Crippen molar-refractivity contribution >= 4 is 33.2 Å². The van der Waals surface area contributed by atoms with Gasteiger partial charge in [-0.1, -0.05) is 6.42 Å². The molecule has 1 aliphatic carbocycles. The Balaban J connectivity index is 1.71. The summed E-state index contributed by atoms with van der Waals surface area (Å²) in [6.07, 6.45) is 3.58. The number of sulfonamides is 1. The molecule has 25 heavy (non-hydrogen) atoms. The SMILES string of the molecule is C[C@H](OC(=O)c1sccc1S(=O)(=O)N1CCCCC1)C(=O)NC1CC1. The van der Waals surface area contributed by atoms with Gasteiger partial charge >= 0.3 is 5.97 Å². The molecular weight excluding hydrogens is 364 g/mol. The van der Waals surface area contributed by atoms with Crippen molar-refractivity contribution in [3.8, 4) is 0 Å². The highest BCUT2D eigenvalue weighted by atomic mass is 32.2. The summed E-state index contributed by atoms with van der Waals surface area (Å²) in [4.78, 5) is 24.3. The Morgan fingerprint density at radius 2 is 1.96 bits per heavy atom. The molecular formula is C16H22N2O5S2. The van der Waals surface area contributed by atoms with Crippen molar-refractivity contribution in [3.63, 3.8) is 0 Å². The molecule has 1 atom stereocenters. The number of amides is 1. The fraction of sp³-hybridized carbons (Fsp3) is 0.625. The molecule has 2 fully saturated rings. The number of esters is 1. The third-order valence-electron chi connectivity index (χ3n) is 4.32. The van der Waals surface area contributed by atoms with Crippen molar-refractivity contribution in [1.29, 1.82) is 0 Å². The largest absolute Gasteiger partial charge is 0.448 e. The van der Waals surface area contributed by atoms with Crippen molar-refractivity contribution in [1.82, 2.24) is 9.62 Å². The quantitative estimate of drug-likeness (QED) is 0.752. The Kier molecular flexibility index (Phi) is 5.45. The van der Waals surface area contributed by atoms with Crippen LogP contribution in [0.1, 0.15) is 48.7 Å². The van der Waals surface area contributed by atoms with Gasteiger partial charge in [0.1, 0.15) is 9.77 Å². The minimum atomic E-state index is -3.72. The van der Waals surface area contributed by atoms with E-state index in [9.17, 15) is 18.0 Å². The van der Waals surface area contributed by atoms with Crippen molar-refractivity contribution in [3.05, 3.63) is 16.3 Å². The van der Waals surface area contributed by atoms with Crippen LogP contribution in [-0.2, 0) is 19.6 Å². The first-order valence-corrected chi connectivity index (χ1v) is 10.8. The van der Waals surface area contributed by atoms with Gasteiger partial charge in [0.05, 0.1) is 0 Å². The van der Waals surface area contributed by atoms with Crippen LogP contribution >= 0.6 is 11.3 Å². The molecule has 1 aromatic rings. The lowest BCUT2D eigenvalue weighted by atomic mass is 10.2. The van der Waals surface area contributed by atoms with Crippen LogP contribution in [0.4, 0.5) is 0 Å². The van der Waals surface area contributed by atoms with E-state index in [0.29, 0.717) is 13.1 Å². The number of ether oxygens (including phenoxy) is 1. The highest BCUT2D eigenvalue weighted by Crippen LogP contribution is 2.28. The van der Waals surface area contributed by atoms with E-state index < -0.39 is 22.1 Å². The summed E-state index contributed by atoms with van der Waals surface area (Å²) in [5.41, 5.74) is 0. The molecule has 0 aromatic carbocycles. The Labute approximate surface area is 151 Å². The van der Waals surface area contributed by atoms with Gasteiger partial charge in [0, 0.05) is 19.1 Å². The smallest absolute Gasteiger partial charge is 0.350 e. The number of nitrogens with one attached hydrogen (secondary N) is 1. The average Bonchev–Trinajstić information content (AvgIpc) is 3.26. The zero-order chi connectivity index (χ0) is 18.0.